The molecule has 0 saturated carbocycles. The van der Waals surface area contributed by atoms with Crippen molar-refractivity contribution in [2.24, 2.45) is 11.8 Å². The second-order valence-corrected chi connectivity index (χ2v) is 8.43. The molecule has 0 spiro atoms. The molecule has 0 aliphatic carbocycles. The average Bonchev–Trinajstić information content (AvgIpc) is 3.21. The number of hydrogen-bond donors (Lipinski definition) is 1. The van der Waals surface area contributed by atoms with Crippen LogP contribution >= 0.6 is 11.3 Å². The van der Waals surface area contributed by atoms with E-state index in [0.29, 0.717) is 19.0 Å². The predicted octanol–water partition coefficient (Wildman–Crippen LogP) is 3.74. The monoisotopic (exact) mass is 375 g/mol. The fraction of sp³-hybridized carbons (Fsp3) is 0.600. The lowest BCUT2D eigenvalue weighted by molar-refractivity contribution is -0.126. The summed E-state index contributed by atoms with van der Waals surface area (Å²) in [6, 6.07) is 4.09. The van der Waals surface area contributed by atoms with Gasteiger partial charge in [-0.05, 0) is 49.6 Å². The number of nitrogens with zero attached hydrogens (tertiary/aromatic N) is 2. The Balaban J connectivity index is 1.58. The fourth-order valence-electron chi connectivity index (χ4n) is 3.63. The summed E-state index contributed by atoms with van der Waals surface area (Å²) < 4.78 is 3.26. The minimum absolute atomic E-state index is 0.0349. The molecule has 142 valence electrons. The van der Waals surface area contributed by atoms with Crippen molar-refractivity contribution >= 4 is 33.4 Å². The van der Waals surface area contributed by atoms with Gasteiger partial charge in [-0.15, -0.1) is 11.3 Å². The normalized spacial score (nSPS) is 15.8. The second-order valence-electron chi connectivity index (χ2n) is 7.48. The van der Waals surface area contributed by atoms with E-state index in [2.05, 4.69) is 42.1 Å². The molecular weight excluding hydrogens is 346 g/mol. The zero-order valence-electron chi connectivity index (χ0n) is 16.0. The molecule has 1 aliphatic rings. The Hall–Kier alpha value is -1.82. The number of aromatic nitrogens is 1. The maximum absolute atomic E-state index is 13.0. The number of likely N-dealkylation sites (tertiary alicyclic amines) is 1. The Morgan fingerprint density at radius 3 is 2.69 bits per heavy atom. The molecule has 1 fully saturated rings. The Morgan fingerprint density at radius 1 is 1.31 bits per heavy atom. The first-order valence-corrected chi connectivity index (χ1v) is 10.5. The van der Waals surface area contributed by atoms with Crippen molar-refractivity contribution in [2.45, 2.75) is 46.6 Å². The minimum atomic E-state index is 0.0349. The van der Waals surface area contributed by atoms with E-state index in [1.165, 1.54) is 0 Å². The highest BCUT2D eigenvalue weighted by atomic mass is 32.1. The standard InChI is InChI=1S/C20H29N3O2S/c1-4-23-16-8-12-26-18(16)13-17(23)20(25)22-10-6-15(7-11-22)19(24)21-9-5-14(2)3/h8,12-15H,4-7,9-11H2,1-3H3,(H,21,24). The Labute approximate surface area is 159 Å². The zero-order chi connectivity index (χ0) is 18.7. The van der Waals surface area contributed by atoms with Crippen LogP contribution in [-0.2, 0) is 11.3 Å². The molecule has 6 heteroatoms. The number of thiophene rings is 1. The fourth-order valence-corrected chi connectivity index (χ4v) is 4.45. The first kappa shape index (κ1) is 19.0. The van der Waals surface area contributed by atoms with Crippen LogP contribution in [0.2, 0.25) is 0 Å². The van der Waals surface area contributed by atoms with Gasteiger partial charge in [-0.25, -0.2) is 0 Å². The number of amides is 2. The van der Waals surface area contributed by atoms with Gasteiger partial charge in [0, 0.05) is 32.1 Å². The Kier molecular flexibility index (Phi) is 6.01. The average molecular weight is 376 g/mol. The van der Waals surface area contributed by atoms with Crippen LogP contribution in [-0.4, -0.2) is 40.9 Å². The van der Waals surface area contributed by atoms with Crippen LogP contribution in [0.3, 0.4) is 0 Å². The molecule has 2 aromatic rings. The third-order valence-electron chi connectivity index (χ3n) is 5.23. The lowest BCUT2D eigenvalue weighted by atomic mass is 9.95. The third kappa shape index (κ3) is 3.95. The smallest absolute Gasteiger partial charge is 0.270 e. The maximum Gasteiger partial charge on any atom is 0.270 e. The Morgan fingerprint density at radius 2 is 2.04 bits per heavy atom. The molecule has 3 rings (SSSR count). The number of fused-ring (bicyclic) bond motifs is 1. The number of carbonyl (C=O) groups excluding carboxylic acids is 2. The number of rotatable bonds is 6. The van der Waals surface area contributed by atoms with E-state index in [4.69, 9.17) is 0 Å². The van der Waals surface area contributed by atoms with Crippen molar-refractivity contribution in [3.8, 4) is 0 Å². The van der Waals surface area contributed by atoms with Crippen LogP contribution in [0, 0.1) is 11.8 Å². The quantitative estimate of drug-likeness (QED) is 0.836. The molecular formula is C20H29N3O2S. The number of carbonyl (C=O) groups is 2. The summed E-state index contributed by atoms with van der Waals surface area (Å²) in [6.07, 6.45) is 2.51. The predicted molar refractivity (Wildman–Crippen MR) is 107 cm³/mol. The van der Waals surface area contributed by atoms with Gasteiger partial charge in [-0.1, -0.05) is 13.8 Å². The topological polar surface area (TPSA) is 54.3 Å². The molecule has 2 amide bonds. The van der Waals surface area contributed by atoms with E-state index in [0.717, 1.165) is 48.3 Å². The molecule has 0 atom stereocenters. The molecule has 26 heavy (non-hydrogen) atoms. The molecule has 0 radical (unpaired) electrons. The molecule has 0 unspecified atom stereocenters. The maximum atomic E-state index is 13.0. The highest BCUT2D eigenvalue weighted by Gasteiger charge is 2.29. The number of piperidine rings is 1. The summed E-state index contributed by atoms with van der Waals surface area (Å²) in [6.45, 7) is 9.24. The minimum Gasteiger partial charge on any atom is -0.356 e. The van der Waals surface area contributed by atoms with Gasteiger partial charge in [0.05, 0.1) is 10.2 Å². The summed E-state index contributed by atoms with van der Waals surface area (Å²) >= 11 is 1.67. The second kappa shape index (κ2) is 8.25. The van der Waals surface area contributed by atoms with E-state index >= 15 is 0 Å². The SMILES string of the molecule is CCn1c(C(=O)N2CCC(C(=O)NCCC(C)C)CC2)cc2sccc21. The van der Waals surface area contributed by atoms with Gasteiger partial charge in [-0.3, -0.25) is 9.59 Å². The van der Waals surface area contributed by atoms with Gasteiger partial charge in [0.15, 0.2) is 0 Å². The van der Waals surface area contributed by atoms with Crippen molar-refractivity contribution in [1.82, 2.24) is 14.8 Å². The van der Waals surface area contributed by atoms with E-state index < -0.39 is 0 Å². The van der Waals surface area contributed by atoms with Crippen LogP contribution in [0.5, 0.6) is 0 Å². The molecule has 2 aromatic heterocycles. The summed E-state index contributed by atoms with van der Waals surface area (Å²) in [5.74, 6) is 0.871. The van der Waals surface area contributed by atoms with Crippen molar-refractivity contribution in [1.29, 1.82) is 0 Å². The molecule has 0 aromatic carbocycles. The van der Waals surface area contributed by atoms with Crippen molar-refractivity contribution in [2.75, 3.05) is 19.6 Å². The van der Waals surface area contributed by atoms with Gasteiger partial charge in [-0.2, -0.15) is 0 Å². The van der Waals surface area contributed by atoms with E-state index in [1.807, 2.05) is 11.0 Å². The summed E-state index contributed by atoms with van der Waals surface area (Å²) in [4.78, 5) is 27.2. The van der Waals surface area contributed by atoms with Gasteiger partial charge >= 0.3 is 0 Å². The summed E-state index contributed by atoms with van der Waals surface area (Å²) in [7, 11) is 0. The van der Waals surface area contributed by atoms with E-state index in [-0.39, 0.29) is 17.7 Å². The zero-order valence-corrected chi connectivity index (χ0v) is 16.8. The molecule has 5 nitrogen and oxygen atoms in total. The van der Waals surface area contributed by atoms with Gasteiger partial charge in [0.1, 0.15) is 5.69 Å². The third-order valence-corrected chi connectivity index (χ3v) is 6.09. The Bertz CT molecular complexity index is 769. The van der Waals surface area contributed by atoms with Gasteiger partial charge in [0.2, 0.25) is 5.91 Å². The van der Waals surface area contributed by atoms with Crippen LogP contribution in [0.25, 0.3) is 10.2 Å². The summed E-state index contributed by atoms with van der Waals surface area (Å²) in [5.41, 5.74) is 1.91. The molecule has 1 N–H and O–H groups in total. The van der Waals surface area contributed by atoms with Crippen LogP contribution in [0.15, 0.2) is 17.5 Å². The molecule has 0 bridgehead atoms. The largest absolute Gasteiger partial charge is 0.356 e. The van der Waals surface area contributed by atoms with Crippen molar-refractivity contribution in [3.05, 3.63) is 23.2 Å². The summed E-state index contributed by atoms with van der Waals surface area (Å²) in [5, 5.41) is 5.11. The van der Waals surface area contributed by atoms with Gasteiger partial charge < -0.3 is 14.8 Å². The lowest BCUT2D eigenvalue weighted by Gasteiger charge is -2.31. The lowest BCUT2D eigenvalue weighted by Crippen LogP contribution is -2.43. The first-order valence-electron chi connectivity index (χ1n) is 9.65. The first-order chi connectivity index (χ1) is 12.5. The van der Waals surface area contributed by atoms with Crippen LogP contribution < -0.4 is 5.32 Å². The van der Waals surface area contributed by atoms with E-state index in [9.17, 15) is 9.59 Å². The van der Waals surface area contributed by atoms with Crippen molar-refractivity contribution < 1.29 is 9.59 Å². The molecule has 3 heterocycles. The van der Waals surface area contributed by atoms with Gasteiger partial charge in [0.25, 0.3) is 5.91 Å². The van der Waals surface area contributed by atoms with Crippen LogP contribution in [0.1, 0.15) is 50.5 Å². The van der Waals surface area contributed by atoms with Crippen molar-refractivity contribution in [3.63, 3.8) is 0 Å². The number of aryl methyl sites for hydroxylation is 1. The highest BCUT2D eigenvalue weighted by Crippen LogP contribution is 2.27. The number of hydrogen-bond acceptors (Lipinski definition) is 3. The number of nitrogens with one attached hydrogen (secondary N) is 1. The molecule has 1 aliphatic heterocycles. The molecule has 1 saturated heterocycles. The highest BCUT2D eigenvalue weighted by molar-refractivity contribution is 7.17. The van der Waals surface area contributed by atoms with Crippen LogP contribution in [0.4, 0.5) is 0 Å². The van der Waals surface area contributed by atoms with E-state index in [1.54, 1.807) is 11.3 Å².